The first-order chi connectivity index (χ1) is 14.7. The Bertz CT molecular complexity index is 1140. The van der Waals surface area contributed by atoms with E-state index in [1.54, 1.807) is 24.3 Å². The van der Waals surface area contributed by atoms with Crippen molar-refractivity contribution in [1.82, 2.24) is 0 Å². The molecule has 0 saturated heterocycles. The van der Waals surface area contributed by atoms with Crippen LogP contribution in [-0.4, -0.2) is 26.4 Å². The van der Waals surface area contributed by atoms with Crippen molar-refractivity contribution >= 4 is 5.97 Å². The van der Waals surface area contributed by atoms with Gasteiger partial charge >= 0.3 is 5.97 Å². The molecule has 4 rings (SSSR count). The van der Waals surface area contributed by atoms with Crippen LogP contribution < -0.4 is 4.74 Å². The Kier molecular flexibility index (Phi) is 5.23. The van der Waals surface area contributed by atoms with Gasteiger partial charge in [0.2, 0.25) is 0 Å². The fraction of sp³-hybridized carbons (Fsp3) is 0.240. The Labute approximate surface area is 180 Å². The molecular weight excluding hydrogens is 396 g/mol. The molecule has 3 aromatic carbocycles. The molecule has 0 bridgehead atoms. The van der Waals surface area contributed by atoms with Gasteiger partial charge in [-0.2, -0.15) is 0 Å². The Balaban J connectivity index is 1.71. The van der Waals surface area contributed by atoms with Crippen molar-refractivity contribution < 1.29 is 30.0 Å². The van der Waals surface area contributed by atoms with E-state index in [1.807, 2.05) is 0 Å². The molecule has 4 N–H and O–H groups in total. The third-order valence-corrected chi connectivity index (χ3v) is 6.19. The molecule has 0 aromatic heterocycles. The molecule has 1 aliphatic rings. The number of esters is 1. The third-order valence-electron chi connectivity index (χ3n) is 6.19. The minimum absolute atomic E-state index is 0.0441. The van der Waals surface area contributed by atoms with Crippen molar-refractivity contribution in [3.8, 4) is 28.7 Å². The first-order valence-electron chi connectivity index (χ1n) is 10.1. The van der Waals surface area contributed by atoms with Crippen LogP contribution >= 0.6 is 0 Å². The summed E-state index contributed by atoms with van der Waals surface area (Å²) in [7, 11) is 0. The van der Waals surface area contributed by atoms with E-state index in [4.69, 9.17) is 4.74 Å². The highest BCUT2D eigenvalue weighted by atomic mass is 16.5. The Morgan fingerprint density at radius 2 is 1.58 bits per heavy atom. The SMILES string of the molecule is C[C@H]1[C@@H](c2ccc(O)c(O)c2)c2cc(O)c(OC(=O)c3ccc(O)cc3)cc2C[C@H]1C. The summed E-state index contributed by atoms with van der Waals surface area (Å²) in [5, 5.41) is 39.7. The van der Waals surface area contributed by atoms with Crippen molar-refractivity contribution in [1.29, 1.82) is 0 Å². The van der Waals surface area contributed by atoms with E-state index in [-0.39, 0.29) is 46.1 Å². The van der Waals surface area contributed by atoms with Gasteiger partial charge < -0.3 is 25.2 Å². The van der Waals surface area contributed by atoms with Crippen LogP contribution in [-0.2, 0) is 6.42 Å². The molecule has 3 atom stereocenters. The molecule has 0 aliphatic heterocycles. The zero-order valence-corrected chi connectivity index (χ0v) is 17.2. The molecule has 31 heavy (non-hydrogen) atoms. The van der Waals surface area contributed by atoms with E-state index in [1.165, 1.54) is 30.3 Å². The van der Waals surface area contributed by atoms with E-state index in [2.05, 4.69) is 13.8 Å². The summed E-state index contributed by atoms with van der Waals surface area (Å²) in [6.45, 7) is 4.26. The molecule has 1 aliphatic carbocycles. The van der Waals surface area contributed by atoms with E-state index in [0.29, 0.717) is 5.92 Å². The number of carbonyl (C=O) groups excluding carboxylic acids is 1. The summed E-state index contributed by atoms with van der Waals surface area (Å²) in [6, 6.07) is 13.8. The molecule has 3 aromatic rings. The molecule has 0 amide bonds. The van der Waals surface area contributed by atoms with Gasteiger partial charge in [0, 0.05) is 5.92 Å². The lowest BCUT2D eigenvalue weighted by molar-refractivity contribution is 0.0729. The van der Waals surface area contributed by atoms with Gasteiger partial charge in [0.25, 0.3) is 0 Å². The van der Waals surface area contributed by atoms with Gasteiger partial charge in [-0.25, -0.2) is 4.79 Å². The van der Waals surface area contributed by atoms with Crippen molar-refractivity contribution in [3.63, 3.8) is 0 Å². The van der Waals surface area contributed by atoms with E-state index < -0.39 is 5.97 Å². The Hall–Kier alpha value is -3.67. The van der Waals surface area contributed by atoms with Crippen LogP contribution in [0.2, 0.25) is 0 Å². The van der Waals surface area contributed by atoms with Gasteiger partial charge in [-0.05, 0) is 83.5 Å². The monoisotopic (exact) mass is 420 g/mol. The van der Waals surface area contributed by atoms with Crippen LogP contribution in [0, 0.1) is 11.8 Å². The predicted octanol–water partition coefficient (Wildman–Crippen LogP) is 4.69. The predicted molar refractivity (Wildman–Crippen MR) is 115 cm³/mol. The second-order valence-electron chi connectivity index (χ2n) is 8.22. The van der Waals surface area contributed by atoms with Crippen LogP contribution in [0.5, 0.6) is 28.7 Å². The summed E-state index contributed by atoms with van der Waals surface area (Å²) in [4.78, 5) is 12.5. The molecule has 6 heteroatoms. The number of benzene rings is 3. The molecule has 0 fully saturated rings. The molecule has 0 heterocycles. The first-order valence-corrected chi connectivity index (χ1v) is 10.1. The molecule has 0 spiro atoms. The summed E-state index contributed by atoms with van der Waals surface area (Å²) < 4.78 is 5.43. The number of carbonyl (C=O) groups is 1. The van der Waals surface area contributed by atoms with Crippen molar-refractivity contribution in [2.75, 3.05) is 0 Å². The van der Waals surface area contributed by atoms with Crippen LogP contribution in [0.15, 0.2) is 54.6 Å². The zero-order chi connectivity index (χ0) is 22.3. The maximum absolute atomic E-state index is 12.5. The maximum Gasteiger partial charge on any atom is 0.343 e. The van der Waals surface area contributed by atoms with Crippen molar-refractivity contribution in [2.45, 2.75) is 26.2 Å². The quantitative estimate of drug-likeness (QED) is 0.278. The number of hydrogen-bond acceptors (Lipinski definition) is 6. The second-order valence-corrected chi connectivity index (χ2v) is 8.22. The topological polar surface area (TPSA) is 107 Å². The standard InChI is InChI=1S/C25H24O6/c1-13-9-17-11-23(31-25(30)15-3-6-18(26)7-4-15)22(29)12-19(17)24(14(13)2)16-5-8-20(27)21(28)10-16/h3-8,10-14,24,26-29H,9H2,1-2H3/t13-,14-,24+/m1/s1. The lowest BCUT2D eigenvalue weighted by Gasteiger charge is -2.37. The van der Waals surface area contributed by atoms with Gasteiger partial charge in [0.15, 0.2) is 23.0 Å². The van der Waals surface area contributed by atoms with Crippen LogP contribution in [0.1, 0.15) is 46.8 Å². The number of phenolic OH excluding ortho intramolecular Hbond substituents is 4. The van der Waals surface area contributed by atoms with Gasteiger partial charge in [-0.1, -0.05) is 19.9 Å². The smallest absolute Gasteiger partial charge is 0.343 e. The summed E-state index contributed by atoms with van der Waals surface area (Å²) >= 11 is 0. The highest BCUT2D eigenvalue weighted by Gasteiger charge is 2.34. The minimum Gasteiger partial charge on any atom is -0.508 e. The normalized spacial score (nSPS) is 20.1. The van der Waals surface area contributed by atoms with Gasteiger partial charge in [0.05, 0.1) is 5.56 Å². The average molecular weight is 420 g/mol. The van der Waals surface area contributed by atoms with E-state index in [0.717, 1.165) is 23.1 Å². The fourth-order valence-corrected chi connectivity index (χ4v) is 4.29. The fourth-order valence-electron chi connectivity index (χ4n) is 4.29. The lowest BCUT2D eigenvalue weighted by Crippen LogP contribution is -2.27. The summed E-state index contributed by atoms with van der Waals surface area (Å²) in [5.41, 5.74) is 2.95. The molecule has 0 saturated carbocycles. The number of aromatic hydroxyl groups is 4. The minimum atomic E-state index is -0.632. The number of fused-ring (bicyclic) bond motifs is 1. The maximum atomic E-state index is 12.5. The summed E-state index contributed by atoms with van der Waals surface area (Å²) in [6.07, 6.45) is 0.751. The number of ether oxygens (including phenoxy) is 1. The van der Waals surface area contributed by atoms with Crippen LogP contribution in [0.25, 0.3) is 0 Å². The molecule has 160 valence electrons. The molecule has 0 unspecified atom stereocenters. The zero-order valence-electron chi connectivity index (χ0n) is 17.2. The van der Waals surface area contributed by atoms with Gasteiger partial charge in [0.1, 0.15) is 5.75 Å². The van der Waals surface area contributed by atoms with Crippen molar-refractivity contribution in [2.24, 2.45) is 11.8 Å². The van der Waals surface area contributed by atoms with Crippen LogP contribution in [0.3, 0.4) is 0 Å². The Morgan fingerprint density at radius 1 is 0.871 bits per heavy atom. The Morgan fingerprint density at radius 3 is 2.26 bits per heavy atom. The number of rotatable bonds is 3. The van der Waals surface area contributed by atoms with Crippen molar-refractivity contribution in [3.05, 3.63) is 76.9 Å². The third kappa shape index (κ3) is 3.89. The van der Waals surface area contributed by atoms with Crippen LogP contribution in [0.4, 0.5) is 0 Å². The van der Waals surface area contributed by atoms with E-state index >= 15 is 0 Å². The highest BCUT2D eigenvalue weighted by Crippen LogP contribution is 2.47. The second kappa shape index (κ2) is 7.87. The molecule has 6 nitrogen and oxygen atoms in total. The largest absolute Gasteiger partial charge is 0.508 e. The number of hydrogen-bond donors (Lipinski definition) is 4. The lowest BCUT2D eigenvalue weighted by atomic mass is 9.68. The highest BCUT2D eigenvalue weighted by molar-refractivity contribution is 5.91. The van der Waals surface area contributed by atoms with Gasteiger partial charge in [-0.15, -0.1) is 0 Å². The van der Waals surface area contributed by atoms with E-state index in [9.17, 15) is 25.2 Å². The molecular formula is C25H24O6. The number of phenols is 4. The first kappa shape index (κ1) is 20.6. The average Bonchev–Trinajstić information content (AvgIpc) is 2.73. The molecule has 0 radical (unpaired) electrons. The van der Waals surface area contributed by atoms with Gasteiger partial charge in [-0.3, -0.25) is 0 Å². The summed E-state index contributed by atoms with van der Waals surface area (Å²) in [5.74, 6) is -0.604.